The maximum Gasteiger partial charge on any atom is 0.472 e. The van der Waals surface area contributed by atoms with Crippen molar-refractivity contribution in [2.75, 3.05) is 40.9 Å². The number of nitrogens with one attached hydrogen (secondary N) is 1. The minimum atomic E-state index is -4.38. The zero-order valence-electron chi connectivity index (χ0n) is 44.7. The molecule has 0 spiro atoms. The molecule has 0 aromatic carbocycles. The smallest absolute Gasteiger partial charge is 0.387 e. The van der Waals surface area contributed by atoms with Gasteiger partial charge < -0.3 is 19.8 Å². The molecular weight excluding hydrogens is 888 g/mol. The van der Waals surface area contributed by atoms with Gasteiger partial charge in [0, 0.05) is 6.42 Å². The second-order valence-corrected chi connectivity index (χ2v) is 19.9. The SMILES string of the molecule is CC/C=C\C/C=C\C/C=C\C/C=C\C/C=C\C/C=C\C/C=C\C/C=C\C/C=C\C/C=C\CCCCC(=O)NC(COP(=O)(O)OCC[N+](C)(C)C)C(O)/C=C/CC/C=C/CC/C=C/CCCCCCC. The number of aliphatic hydroxyl groups excluding tert-OH is 1. The number of hydrogen-bond donors (Lipinski definition) is 3. The van der Waals surface area contributed by atoms with Crippen LogP contribution in [-0.2, 0) is 18.4 Å². The van der Waals surface area contributed by atoms with Crippen molar-refractivity contribution in [3.8, 4) is 0 Å². The number of rotatable bonds is 46. The molecule has 0 heterocycles. The molecule has 3 N–H and O–H groups in total. The summed E-state index contributed by atoms with van der Waals surface area (Å²) in [5.41, 5.74) is 0. The van der Waals surface area contributed by atoms with E-state index in [1.165, 1.54) is 32.1 Å². The highest BCUT2D eigenvalue weighted by Crippen LogP contribution is 2.43. The van der Waals surface area contributed by atoms with Gasteiger partial charge in [-0.1, -0.05) is 198 Å². The molecule has 0 radical (unpaired) electrons. The van der Waals surface area contributed by atoms with Crippen molar-refractivity contribution in [1.29, 1.82) is 0 Å². The van der Waals surface area contributed by atoms with Crippen LogP contribution in [0.15, 0.2) is 158 Å². The Morgan fingerprint density at radius 3 is 1.30 bits per heavy atom. The van der Waals surface area contributed by atoms with Crippen LogP contribution in [-0.4, -0.2) is 73.4 Å². The van der Waals surface area contributed by atoms with Gasteiger partial charge in [-0.25, -0.2) is 4.57 Å². The zero-order chi connectivity index (χ0) is 51.3. The number of likely N-dealkylation sites (N-methyl/N-ethyl adjacent to an activating group) is 1. The molecule has 3 unspecified atom stereocenters. The Kier molecular flexibility index (Phi) is 47.3. The summed E-state index contributed by atoms with van der Waals surface area (Å²) in [7, 11) is 1.49. The van der Waals surface area contributed by atoms with Crippen molar-refractivity contribution in [3.05, 3.63) is 158 Å². The topological polar surface area (TPSA) is 105 Å². The van der Waals surface area contributed by atoms with Gasteiger partial charge in [-0.3, -0.25) is 13.8 Å². The minimum Gasteiger partial charge on any atom is -0.387 e. The molecule has 0 fully saturated rings. The highest BCUT2D eigenvalue weighted by atomic mass is 31.2. The van der Waals surface area contributed by atoms with Crippen molar-refractivity contribution in [3.63, 3.8) is 0 Å². The molecule has 0 aliphatic carbocycles. The Morgan fingerprint density at radius 1 is 0.500 bits per heavy atom. The number of phosphoric acid groups is 1. The van der Waals surface area contributed by atoms with Gasteiger partial charge in [-0.15, -0.1) is 0 Å². The number of aliphatic hydroxyl groups is 1. The Labute approximate surface area is 429 Å². The number of nitrogens with zero attached hydrogens (tertiary/aromatic N) is 1. The third kappa shape index (κ3) is 52.0. The first-order valence-electron chi connectivity index (χ1n) is 26.9. The van der Waals surface area contributed by atoms with Gasteiger partial charge in [0.15, 0.2) is 0 Å². The van der Waals surface area contributed by atoms with E-state index in [1.807, 2.05) is 27.2 Å². The summed E-state index contributed by atoms with van der Waals surface area (Å²) in [4.78, 5) is 23.2. The molecule has 0 saturated carbocycles. The number of quaternary nitrogens is 1. The van der Waals surface area contributed by atoms with E-state index >= 15 is 0 Å². The first-order chi connectivity index (χ1) is 34.0. The van der Waals surface area contributed by atoms with Crippen LogP contribution >= 0.6 is 7.82 Å². The van der Waals surface area contributed by atoms with Crippen LogP contribution in [0.3, 0.4) is 0 Å². The van der Waals surface area contributed by atoms with Crippen LogP contribution in [0.4, 0.5) is 0 Å². The monoisotopic (exact) mass is 988 g/mol. The molecule has 0 aliphatic heterocycles. The van der Waals surface area contributed by atoms with Crippen molar-refractivity contribution in [1.82, 2.24) is 5.32 Å². The average molecular weight is 988 g/mol. The number of amides is 1. The summed E-state index contributed by atoms with van der Waals surface area (Å²) in [5, 5.41) is 13.8. The van der Waals surface area contributed by atoms with Gasteiger partial charge in [-0.2, -0.15) is 0 Å². The summed E-state index contributed by atoms with van der Waals surface area (Å²) in [5.74, 6) is -0.242. The van der Waals surface area contributed by atoms with E-state index in [0.717, 1.165) is 109 Å². The van der Waals surface area contributed by atoms with Crippen LogP contribution in [0, 0.1) is 0 Å². The van der Waals surface area contributed by atoms with Crippen molar-refractivity contribution < 1.29 is 32.9 Å². The Hall–Kier alpha value is -3.88. The van der Waals surface area contributed by atoms with Crippen LogP contribution in [0.5, 0.6) is 0 Å². The largest absolute Gasteiger partial charge is 0.472 e. The van der Waals surface area contributed by atoms with E-state index in [0.29, 0.717) is 17.4 Å². The Bertz CT molecular complexity index is 1690. The summed E-state index contributed by atoms with van der Waals surface area (Å²) >= 11 is 0. The van der Waals surface area contributed by atoms with E-state index in [2.05, 4.69) is 165 Å². The number of hydrogen-bond acceptors (Lipinski definition) is 5. The molecule has 1 amide bonds. The lowest BCUT2D eigenvalue weighted by Crippen LogP contribution is -2.45. The highest BCUT2D eigenvalue weighted by Gasteiger charge is 2.27. The van der Waals surface area contributed by atoms with Gasteiger partial charge in [0.25, 0.3) is 0 Å². The van der Waals surface area contributed by atoms with Crippen molar-refractivity contribution in [2.24, 2.45) is 0 Å². The number of unbranched alkanes of at least 4 members (excludes halogenated alkanes) is 9. The average Bonchev–Trinajstić information content (AvgIpc) is 3.32. The number of phosphoric ester groups is 1. The van der Waals surface area contributed by atoms with Gasteiger partial charge in [0.1, 0.15) is 13.2 Å². The molecule has 8 nitrogen and oxygen atoms in total. The Balaban J connectivity index is 4.41. The molecule has 0 aliphatic rings. The van der Waals surface area contributed by atoms with Gasteiger partial charge in [-0.05, 0) is 122 Å². The van der Waals surface area contributed by atoms with E-state index in [1.54, 1.807) is 6.08 Å². The summed E-state index contributed by atoms with van der Waals surface area (Å²) < 4.78 is 23.6. The van der Waals surface area contributed by atoms with E-state index in [-0.39, 0.29) is 25.5 Å². The molecule has 3 atom stereocenters. The number of carbonyl (C=O) groups excluding carboxylic acids is 1. The van der Waals surface area contributed by atoms with E-state index in [4.69, 9.17) is 9.05 Å². The van der Waals surface area contributed by atoms with Crippen molar-refractivity contribution >= 4 is 13.7 Å². The molecule has 0 bridgehead atoms. The second-order valence-electron chi connectivity index (χ2n) is 18.5. The fourth-order valence-electron chi connectivity index (χ4n) is 6.51. The lowest BCUT2D eigenvalue weighted by atomic mass is 10.1. The highest BCUT2D eigenvalue weighted by molar-refractivity contribution is 7.47. The lowest BCUT2D eigenvalue weighted by molar-refractivity contribution is -0.870. The molecule has 0 saturated heterocycles. The van der Waals surface area contributed by atoms with E-state index < -0.39 is 20.0 Å². The standard InChI is InChI=1S/C61H99N2O6P/c1-6-8-10-12-14-16-18-20-22-23-24-25-26-27-28-29-30-31-32-33-34-35-36-37-38-39-41-43-45-47-49-51-53-55-61(65)62-59(58-69-70(66,67)68-57-56-63(3,4)5)60(64)54-52-50-48-46-44-42-40-21-19-17-15-13-11-9-7-2/h8,10,14,16,19-22,24-25,27-28,30-31,33-34,36-37,39,41,44-47,52,54,59-60,64H,6-7,9,11-13,15,17-18,23,26,29,32,35,38,40,42-43,48-51,53,55-58H2,1-5H3,(H-,62,65,66,67)/p+1/b10-8-,16-14-,21-19+,22-20-,25-24-,28-27-,31-30-,34-33-,37-36-,41-39-,46-44+,47-45-,54-52+. The normalized spacial score (nSPS) is 15.2. The fourth-order valence-corrected chi connectivity index (χ4v) is 7.25. The molecule has 0 aromatic heterocycles. The van der Waals surface area contributed by atoms with Crippen LogP contribution in [0.1, 0.15) is 168 Å². The lowest BCUT2D eigenvalue weighted by Gasteiger charge is -2.25. The molecule has 70 heavy (non-hydrogen) atoms. The molecule has 0 aromatic rings. The van der Waals surface area contributed by atoms with Gasteiger partial charge in [0.2, 0.25) is 5.91 Å². The second kappa shape index (κ2) is 50.1. The number of carbonyl (C=O) groups is 1. The maximum absolute atomic E-state index is 12.9. The van der Waals surface area contributed by atoms with Gasteiger partial charge in [0.05, 0.1) is 39.9 Å². The Morgan fingerprint density at radius 2 is 0.871 bits per heavy atom. The minimum absolute atomic E-state index is 0.0352. The van der Waals surface area contributed by atoms with Crippen LogP contribution < -0.4 is 5.32 Å². The van der Waals surface area contributed by atoms with Gasteiger partial charge >= 0.3 is 7.82 Å². The predicted octanol–water partition coefficient (Wildman–Crippen LogP) is 16.3. The first kappa shape index (κ1) is 66.1. The summed E-state index contributed by atoms with van der Waals surface area (Å²) in [6.45, 7) is 4.58. The third-order valence-corrected chi connectivity index (χ3v) is 11.7. The summed E-state index contributed by atoms with van der Waals surface area (Å²) in [6, 6.07) is -0.905. The maximum atomic E-state index is 12.9. The number of allylic oxidation sites excluding steroid dienone is 25. The molecular formula is C61H100N2O6P+. The molecule has 9 heteroatoms. The summed E-state index contributed by atoms with van der Waals surface area (Å²) in [6.07, 6.45) is 79.1. The van der Waals surface area contributed by atoms with E-state index in [9.17, 15) is 19.4 Å². The molecule has 394 valence electrons. The first-order valence-corrected chi connectivity index (χ1v) is 28.4. The van der Waals surface area contributed by atoms with Crippen molar-refractivity contribution in [2.45, 2.75) is 180 Å². The van der Waals surface area contributed by atoms with Crippen LogP contribution in [0.25, 0.3) is 0 Å². The quantitative estimate of drug-likeness (QED) is 0.0243. The predicted molar refractivity (Wildman–Crippen MR) is 304 cm³/mol. The molecule has 0 rings (SSSR count). The fraction of sp³-hybridized carbons (Fsp3) is 0.557. The third-order valence-electron chi connectivity index (χ3n) is 10.7. The zero-order valence-corrected chi connectivity index (χ0v) is 45.6. The van der Waals surface area contributed by atoms with Crippen LogP contribution in [0.2, 0.25) is 0 Å².